The predicted molar refractivity (Wildman–Crippen MR) is 109 cm³/mol. The zero-order chi connectivity index (χ0) is 20.4. The second-order valence-electron chi connectivity index (χ2n) is 8.27. The summed E-state index contributed by atoms with van der Waals surface area (Å²) in [5.41, 5.74) is 0.717. The molecule has 7 heteroatoms. The number of nitrogens with zero attached hydrogens (tertiary/aromatic N) is 3. The van der Waals surface area contributed by atoms with Crippen LogP contribution in [-0.4, -0.2) is 83.3 Å². The summed E-state index contributed by atoms with van der Waals surface area (Å²) < 4.78 is 0. The maximum absolute atomic E-state index is 13.0. The van der Waals surface area contributed by atoms with Crippen molar-refractivity contribution in [2.75, 3.05) is 32.7 Å². The average molecular weight is 399 g/mol. The van der Waals surface area contributed by atoms with Gasteiger partial charge in [-0.15, -0.1) is 0 Å². The second kappa shape index (κ2) is 8.53. The molecule has 3 amide bonds. The van der Waals surface area contributed by atoms with Crippen LogP contribution in [-0.2, 0) is 9.59 Å². The third-order valence-electron chi connectivity index (χ3n) is 6.53. The highest BCUT2D eigenvalue weighted by Gasteiger charge is 2.41. The van der Waals surface area contributed by atoms with Crippen LogP contribution >= 0.6 is 0 Å². The molecule has 0 saturated carbocycles. The third kappa shape index (κ3) is 4.01. The molecule has 4 rings (SSSR count). The fourth-order valence-electron chi connectivity index (χ4n) is 4.92. The summed E-state index contributed by atoms with van der Waals surface area (Å²) in [6.07, 6.45) is 2.96. The Bertz CT molecular complexity index is 769. The van der Waals surface area contributed by atoms with Gasteiger partial charge in [0.15, 0.2) is 0 Å². The van der Waals surface area contributed by atoms with Crippen molar-refractivity contribution in [1.29, 1.82) is 0 Å². The van der Waals surface area contributed by atoms with Gasteiger partial charge in [0.05, 0.1) is 0 Å². The summed E-state index contributed by atoms with van der Waals surface area (Å²) in [5.74, 6) is 0.0688. The lowest BCUT2D eigenvalue weighted by Gasteiger charge is -2.40. The standard InChI is InChI=1S/C22H30N4O3/c1-2-19(25-11-6-9-20(25)27)21(28)23-13-18-15-26(17-10-12-24(18)14-17)22(29)16-7-4-3-5-8-16/h3-5,7-8,17-19H,2,6,9-15H2,1H3,(H,23,28)/t17-,18-,19-/m0/s1. The van der Waals surface area contributed by atoms with Gasteiger partial charge in [0.1, 0.15) is 6.04 Å². The molecule has 3 aliphatic rings. The van der Waals surface area contributed by atoms with E-state index in [1.54, 1.807) is 4.90 Å². The molecule has 4 atom stereocenters. The van der Waals surface area contributed by atoms with Crippen LogP contribution in [0.5, 0.6) is 0 Å². The fraction of sp³-hybridized carbons (Fsp3) is 0.591. The lowest BCUT2D eigenvalue weighted by Crippen LogP contribution is -2.58. The van der Waals surface area contributed by atoms with E-state index in [9.17, 15) is 14.4 Å². The minimum absolute atomic E-state index is 0.0718. The van der Waals surface area contributed by atoms with E-state index in [-0.39, 0.29) is 35.8 Å². The molecule has 2 bridgehead atoms. The summed E-state index contributed by atoms with van der Waals surface area (Å²) >= 11 is 0. The molecule has 3 heterocycles. The minimum atomic E-state index is -0.387. The first-order valence-corrected chi connectivity index (χ1v) is 10.8. The molecule has 1 aromatic rings. The van der Waals surface area contributed by atoms with Crippen molar-refractivity contribution in [3.05, 3.63) is 35.9 Å². The molecule has 0 aliphatic carbocycles. The molecule has 3 fully saturated rings. The van der Waals surface area contributed by atoms with E-state index in [1.165, 1.54) is 0 Å². The van der Waals surface area contributed by atoms with Crippen molar-refractivity contribution in [2.45, 2.75) is 50.7 Å². The summed E-state index contributed by atoms with van der Waals surface area (Å²) in [7, 11) is 0. The maximum atomic E-state index is 13.0. The third-order valence-corrected chi connectivity index (χ3v) is 6.53. The summed E-state index contributed by atoms with van der Waals surface area (Å²) in [5, 5.41) is 3.07. The molecule has 7 nitrogen and oxygen atoms in total. The van der Waals surface area contributed by atoms with Crippen molar-refractivity contribution >= 4 is 17.7 Å². The first-order valence-electron chi connectivity index (χ1n) is 10.8. The summed E-state index contributed by atoms with van der Waals surface area (Å²) in [6.45, 7) is 5.55. The van der Waals surface area contributed by atoms with Gasteiger partial charge in [-0.25, -0.2) is 0 Å². The van der Waals surface area contributed by atoms with Crippen molar-refractivity contribution in [3.8, 4) is 0 Å². The summed E-state index contributed by atoms with van der Waals surface area (Å²) in [6, 6.07) is 9.39. The molecule has 0 aromatic heterocycles. The monoisotopic (exact) mass is 398 g/mol. The molecule has 3 aliphatic heterocycles. The molecule has 1 unspecified atom stereocenters. The highest BCUT2D eigenvalue weighted by molar-refractivity contribution is 5.94. The molecule has 0 radical (unpaired) electrons. The first-order chi connectivity index (χ1) is 14.1. The highest BCUT2D eigenvalue weighted by Crippen LogP contribution is 2.26. The maximum Gasteiger partial charge on any atom is 0.254 e. The smallest absolute Gasteiger partial charge is 0.254 e. The molecule has 156 valence electrons. The van der Waals surface area contributed by atoms with Crippen LogP contribution in [0.15, 0.2) is 30.3 Å². The number of hydrogen-bond acceptors (Lipinski definition) is 4. The number of likely N-dealkylation sites (tertiary alicyclic amines) is 1. The topological polar surface area (TPSA) is 73.0 Å². The van der Waals surface area contributed by atoms with Crippen molar-refractivity contribution in [3.63, 3.8) is 0 Å². The average Bonchev–Trinajstić information content (AvgIpc) is 3.35. The number of amides is 3. The van der Waals surface area contributed by atoms with E-state index < -0.39 is 0 Å². The lowest BCUT2D eigenvalue weighted by molar-refractivity contribution is -0.137. The van der Waals surface area contributed by atoms with Gasteiger partial charge in [-0.3, -0.25) is 19.3 Å². The fourth-order valence-corrected chi connectivity index (χ4v) is 4.92. The Morgan fingerprint density at radius 3 is 2.66 bits per heavy atom. The highest BCUT2D eigenvalue weighted by atomic mass is 16.2. The molecule has 29 heavy (non-hydrogen) atoms. The number of nitrogens with one attached hydrogen (secondary N) is 1. The van der Waals surface area contributed by atoms with Gasteiger partial charge >= 0.3 is 0 Å². The lowest BCUT2D eigenvalue weighted by atomic mass is 10.1. The number of rotatable bonds is 6. The normalized spacial score (nSPS) is 27.2. The van der Waals surface area contributed by atoms with Crippen LogP contribution in [0, 0.1) is 0 Å². The predicted octanol–water partition coefficient (Wildman–Crippen LogP) is 1.10. The van der Waals surface area contributed by atoms with E-state index in [0.29, 0.717) is 38.0 Å². The number of fused-ring (bicyclic) bond motifs is 2. The Hall–Kier alpha value is -2.41. The quantitative estimate of drug-likeness (QED) is 0.779. The molecule has 0 spiro atoms. The number of benzene rings is 1. The Morgan fingerprint density at radius 2 is 1.97 bits per heavy atom. The molecule has 3 saturated heterocycles. The SMILES string of the molecule is CC[C@@H](C(=O)NC[C@H]1CN(C(=O)c2ccccc2)[C@H]2CCN1C2)N1CCCC1=O. The van der Waals surface area contributed by atoms with E-state index >= 15 is 0 Å². The van der Waals surface area contributed by atoms with Crippen LogP contribution in [0.1, 0.15) is 43.0 Å². The number of piperazine rings is 1. The van der Waals surface area contributed by atoms with E-state index in [0.717, 1.165) is 25.9 Å². The van der Waals surface area contributed by atoms with Gasteiger partial charge in [-0.2, -0.15) is 0 Å². The summed E-state index contributed by atoms with van der Waals surface area (Å²) in [4.78, 5) is 43.9. The van der Waals surface area contributed by atoms with Crippen LogP contribution in [0.3, 0.4) is 0 Å². The van der Waals surface area contributed by atoms with Gasteiger partial charge in [0.2, 0.25) is 11.8 Å². The molecular weight excluding hydrogens is 368 g/mol. The van der Waals surface area contributed by atoms with Gasteiger partial charge in [0.25, 0.3) is 5.91 Å². The van der Waals surface area contributed by atoms with Crippen LogP contribution in [0.4, 0.5) is 0 Å². The molecule has 1 N–H and O–H groups in total. The van der Waals surface area contributed by atoms with Gasteiger partial charge in [0, 0.05) is 56.8 Å². The minimum Gasteiger partial charge on any atom is -0.353 e. The Kier molecular flexibility index (Phi) is 5.85. The first kappa shape index (κ1) is 19.9. The van der Waals surface area contributed by atoms with Crippen LogP contribution in [0.25, 0.3) is 0 Å². The Labute approximate surface area is 172 Å². The van der Waals surface area contributed by atoms with E-state index in [2.05, 4.69) is 10.2 Å². The van der Waals surface area contributed by atoms with Gasteiger partial charge in [-0.05, 0) is 31.4 Å². The van der Waals surface area contributed by atoms with Gasteiger partial charge < -0.3 is 15.1 Å². The zero-order valence-corrected chi connectivity index (χ0v) is 17.0. The van der Waals surface area contributed by atoms with E-state index in [4.69, 9.17) is 0 Å². The van der Waals surface area contributed by atoms with Crippen molar-refractivity contribution in [1.82, 2.24) is 20.0 Å². The number of carbonyl (C=O) groups is 3. The van der Waals surface area contributed by atoms with Crippen molar-refractivity contribution in [2.24, 2.45) is 0 Å². The largest absolute Gasteiger partial charge is 0.353 e. The molecule has 1 aromatic carbocycles. The molecular formula is C22H30N4O3. The second-order valence-corrected chi connectivity index (χ2v) is 8.27. The van der Waals surface area contributed by atoms with Gasteiger partial charge in [-0.1, -0.05) is 25.1 Å². The number of carbonyl (C=O) groups excluding carboxylic acids is 3. The van der Waals surface area contributed by atoms with Crippen molar-refractivity contribution < 1.29 is 14.4 Å². The van der Waals surface area contributed by atoms with Crippen LogP contribution < -0.4 is 5.32 Å². The van der Waals surface area contributed by atoms with E-state index in [1.807, 2.05) is 42.2 Å². The number of hydrogen-bond donors (Lipinski definition) is 1. The zero-order valence-electron chi connectivity index (χ0n) is 17.0. The van der Waals surface area contributed by atoms with Crippen LogP contribution in [0.2, 0.25) is 0 Å². The Morgan fingerprint density at radius 1 is 1.17 bits per heavy atom. The Balaban J connectivity index is 1.39.